The third-order valence-corrected chi connectivity index (χ3v) is 5.34. The first-order valence-corrected chi connectivity index (χ1v) is 8.81. The number of nitrogens with one attached hydrogen (secondary N) is 2. The van der Waals surface area contributed by atoms with E-state index < -0.39 is 5.60 Å². The minimum absolute atomic E-state index is 0.241. The molecule has 0 atom stereocenters. The first kappa shape index (κ1) is 17.3. The third kappa shape index (κ3) is 3.94. The van der Waals surface area contributed by atoms with Crippen LogP contribution in [0, 0.1) is 0 Å². The first-order valence-electron chi connectivity index (χ1n) is 7.99. The van der Waals surface area contributed by atoms with Gasteiger partial charge >= 0.3 is 0 Å². The molecule has 0 spiro atoms. The van der Waals surface area contributed by atoms with Crippen LogP contribution in [0.4, 0.5) is 5.13 Å². The smallest absolute Gasteiger partial charge is 0.257 e. The number of hydrogen-bond donors (Lipinski definition) is 3. The zero-order valence-electron chi connectivity index (χ0n) is 13.6. The minimum Gasteiger partial charge on any atom is -0.384 e. The average molecular weight is 357 g/mol. The van der Waals surface area contributed by atoms with Crippen molar-refractivity contribution in [2.24, 2.45) is 0 Å². The van der Waals surface area contributed by atoms with E-state index in [4.69, 9.17) is 0 Å². The SMILES string of the molecule is C=CC(=O)NCc1ccc(C(=O)Nc2ncc(C3(O)CCC3)s2)cc1. The summed E-state index contributed by atoms with van der Waals surface area (Å²) in [6.45, 7) is 3.77. The number of rotatable bonds is 6. The van der Waals surface area contributed by atoms with Crippen LogP contribution < -0.4 is 10.6 Å². The number of amides is 2. The molecule has 6 nitrogen and oxygen atoms in total. The van der Waals surface area contributed by atoms with Crippen LogP contribution in [0.1, 0.15) is 40.1 Å². The molecule has 0 unspecified atom stereocenters. The highest BCUT2D eigenvalue weighted by atomic mass is 32.1. The lowest BCUT2D eigenvalue weighted by molar-refractivity contribution is -0.116. The molecule has 2 amide bonds. The fourth-order valence-electron chi connectivity index (χ4n) is 2.51. The molecule has 1 aromatic carbocycles. The Kier molecular flexibility index (Phi) is 4.96. The summed E-state index contributed by atoms with van der Waals surface area (Å²) in [7, 11) is 0. The summed E-state index contributed by atoms with van der Waals surface area (Å²) in [5, 5.41) is 16.2. The van der Waals surface area contributed by atoms with Crippen molar-refractivity contribution in [1.29, 1.82) is 0 Å². The number of nitrogens with zero attached hydrogens (tertiary/aromatic N) is 1. The fourth-order valence-corrected chi connectivity index (χ4v) is 3.47. The van der Waals surface area contributed by atoms with E-state index in [9.17, 15) is 14.7 Å². The van der Waals surface area contributed by atoms with Gasteiger partial charge in [0.15, 0.2) is 5.13 Å². The molecule has 1 fully saturated rings. The Hall–Kier alpha value is -2.51. The maximum absolute atomic E-state index is 12.3. The Bertz CT molecular complexity index is 794. The van der Waals surface area contributed by atoms with Crippen molar-refractivity contribution < 1.29 is 14.7 Å². The highest BCUT2D eigenvalue weighted by Gasteiger charge is 2.38. The van der Waals surface area contributed by atoms with Crippen molar-refractivity contribution in [2.45, 2.75) is 31.4 Å². The van der Waals surface area contributed by atoms with Crippen molar-refractivity contribution in [3.63, 3.8) is 0 Å². The van der Waals surface area contributed by atoms with Crippen LogP contribution in [-0.4, -0.2) is 21.9 Å². The number of carbonyl (C=O) groups is 2. The van der Waals surface area contributed by atoms with Crippen molar-refractivity contribution in [3.05, 3.63) is 59.1 Å². The van der Waals surface area contributed by atoms with Crippen LogP contribution >= 0.6 is 11.3 Å². The minimum atomic E-state index is -0.766. The monoisotopic (exact) mass is 357 g/mol. The van der Waals surface area contributed by atoms with Crippen molar-refractivity contribution >= 4 is 28.3 Å². The normalized spacial score (nSPS) is 15.1. The molecule has 3 N–H and O–H groups in total. The first-order chi connectivity index (χ1) is 12.0. The third-order valence-electron chi connectivity index (χ3n) is 4.23. The van der Waals surface area contributed by atoms with E-state index in [1.807, 2.05) is 0 Å². The van der Waals surface area contributed by atoms with Crippen LogP contribution in [0.25, 0.3) is 0 Å². The Morgan fingerprint density at radius 3 is 2.64 bits per heavy atom. The highest BCUT2D eigenvalue weighted by Crippen LogP contribution is 2.44. The van der Waals surface area contributed by atoms with E-state index in [1.54, 1.807) is 30.5 Å². The van der Waals surface area contributed by atoms with Crippen LogP contribution in [-0.2, 0) is 16.9 Å². The van der Waals surface area contributed by atoms with E-state index in [2.05, 4.69) is 22.2 Å². The van der Waals surface area contributed by atoms with Crippen LogP contribution in [0.15, 0.2) is 43.1 Å². The van der Waals surface area contributed by atoms with Gasteiger partial charge in [-0.3, -0.25) is 14.9 Å². The fraction of sp³-hybridized carbons (Fsp3) is 0.278. The van der Waals surface area contributed by atoms with Gasteiger partial charge in [-0.1, -0.05) is 30.0 Å². The molecule has 3 rings (SSSR count). The van der Waals surface area contributed by atoms with Gasteiger partial charge in [0.25, 0.3) is 5.91 Å². The predicted molar refractivity (Wildman–Crippen MR) is 96.3 cm³/mol. The van der Waals surface area contributed by atoms with Crippen LogP contribution in [0.3, 0.4) is 0 Å². The topological polar surface area (TPSA) is 91.3 Å². The highest BCUT2D eigenvalue weighted by molar-refractivity contribution is 7.15. The molecule has 1 aliphatic rings. The van der Waals surface area contributed by atoms with Gasteiger partial charge in [-0.15, -0.1) is 0 Å². The quantitative estimate of drug-likeness (QED) is 0.693. The second-order valence-electron chi connectivity index (χ2n) is 5.99. The van der Waals surface area contributed by atoms with E-state index >= 15 is 0 Å². The Balaban J connectivity index is 1.59. The molecule has 1 saturated carbocycles. The molecule has 1 aliphatic carbocycles. The zero-order valence-corrected chi connectivity index (χ0v) is 14.4. The summed E-state index contributed by atoms with van der Waals surface area (Å²) in [5.74, 6) is -0.502. The lowest BCUT2D eigenvalue weighted by Crippen LogP contribution is -2.32. The number of carbonyl (C=O) groups excluding carboxylic acids is 2. The zero-order chi connectivity index (χ0) is 17.9. The van der Waals surface area contributed by atoms with E-state index in [0.717, 1.165) is 29.7 Å². The van der Waals surface area contributed by atoms with E-state index in [1.165, 1.54) is 17.4 Å². The second-order valence-corrected chi connectivity index (χ2v) is 7.02. The number of thiazole rings is 1. The molecule has 0 aliphatic heterocycles. The molecule has 130 valence electrons. The van der Waals surface area contributed by atoms with Gasteiger partial charge < -0.3 is 10.4 Å². The standard InChI is InChI=1S/C18H19N3O3S/c1-2-15(22)19-10-12-4-6-13(7-5-12)16(23)21-17-20-11-14(25-17)18(24)8-3-9-18/h2,4-7,11,24H,1,3,8-10H2,(H,19,22)(H,20,21,23). The number of anilines is 1. The number of aromatic nitrogens is 1. The van der Waals surface area contributed by atoms with Crippen molar-refractivity contribution in [3.8, 4) is 0 Å². The van der Waals surface area contributed by atoms with Gasteiger partial charge in [0, 0.05) is 18.3 Å². The summed E-state index contributed by atoms with van der Waals surface area (Å²) in [5.41, 5.74) is 0.617. The van der Waals surface area contributed by atoms with Gasteiger partial charge in [-0.05, 0) is 43.0 Å². The largest absolute Gasteiger partial charge is 0.384 e. The summed E-state index contributed by atoms with van der Waals surface area (Å²) in [6, 6.07) is 6.95. The summed E-state index contributed by atoms with van der Waals surface area (Å²) < 4.78 is 0. The molecular weight excluding hydrogens is 338 g/mol. The van der Waals surface area contributed by atoms with Gasteiger partial charge in [-0.25, -0.2) is 4.98 Å². The maximum atomic E-state index is 12.3. The maximum Gasteiger partial charge on any atom is 0.257 e. The summed E-state index contributed by atoms with van der Waals surface area (Å²) in [6.07, 6.45) is 5.34. The molecule has 2 aromatic rings. The van der Waals surface area contributed by atoms with Crippen molar-refractivity contribution in [2.75, 3.05) is 5.32 Å². The molecule has 1 heterocycles. The van der Waals surface area contributed by atoms with E-state index in [-0.39, 0.29) is 11.8 Å². The van der Waals surface area contributed by atoms with Gasteiger partial charge in [0.2, 0.25) is 5.91 Å². The predicted octanol–water partition coefficient (Wildman–Crippen LogP) is 2.57. The Morgan fingerprint density at radius 2 is 2.04 bits per heavy atom. The summed E-state index contributed by atoms with van der Waals surface area (Å²) in [4.78, 5) is 28.4. The molecular formula is C18H19N3O3S. The lowest BCUT2D eigenvalue weighted by Gasteiger charge is -2.35. The Morgan fingerprint density at radius 1 is 1.32 bits per heavy atom. The van der Waals surface area contributed by atoms with Gasteiger partial charge in [-0.2, -0.15) is 0 Å². The number of hydrogen-bond acceptors (Lipinski definition) is 5. The molecule has 25 heavy (non-hydrogen) atoms. The second kappa shape index (κ2) is 7.16. The molecule has 0 saturated heterocycles. The van der Waals surface area contributed by atoms with Gasteiger partial charge in [0.05, 0.1) is 4.88 Å². The van der Waals surface area contributed by atoms with Gasteiger partial charge in [0.1, 0.15) is 5.60 Å². The molecule has 0 radical (unpaired) electrons. The lowest BCUT2D eigenvalue weighted by atomic mass is 9.79. The van der Waals surface area contributed by atoms with Crippen LogP contribution in [0.2, 0.25) is 0 Å². The number of aliphatic hydroxyl groups is 1. The molecule has 0 bridgehead atoms. The van der Waals surface area contributed by atoms with Crippen LogP contribution in [0.5, 0.6) is 0 Å². The molecule has 1 aromatic heterocycles. The van der Waals surface area contributed by atoms with Crippen molar-refractivity contribution in [1.82, 2.24) is 10.3 Å². The average Bonchev–Trinajstić information content (AvgIpc) is 3.06. The Labute approximate surface area is 149 Å². The number of benzene rings is 1. The van der Waals surface area contributed by atoms with E-state index in [0.29, 0.717) is 17.2 Å². The summed E-state index contributed by atoms with van der Waals surface area (Å²) >= 11 is 1.31. The molecule has 7 heteroatoms.